The van der Waals surface area contributed by atoms with Gasteiger partial charge < -0.3 is 9.64 Å². The quantitative estimate of drug-likeness (QED) is 0.627. The number of halogens is 1. The summed E-state index contributed by atoms with van der Waals surface area (Å²) < 4.78 is 20.5. The van der Waals surface area contributed by atoms with Crippen LogP contribution in [0.3, 0.4) is 0 Å². The molecule has 2 aromatic rings. The molecular formula is C25H27FN2O2. The number of morpholine rings is 1. The summed E-state index contributed by atoms with van der Waals surface area (Å²) in [6.07, 6.45) is 3.42. The molecule has 0 aromatic heterocycles. The topological polar surface area (TPSA) is 41.9 Å². The summed E-state index contributed by atoms with van der Waals surface area (Å²) in [5.41, 5.74) is 3.72. The average molecular weight is 407 g/mol. The molecule has 0 radical (unpaired) electrons. The zero-order chi connectivity index (χ0) is 21.7. The van der Waals surface area contributed by atoms with Gasteiger partial charge in [0, 0.05) is 29.6 Å². The third kappa shape index (κ3) is 4.74. The van der Waals surface area contributed by atoms with E-state index in [9.17, 15) is 4.79 Å². The Hall–Kier alpha value is -3.05. The second-order valence-electron chi connectivity index (χ2n) is 7.40. The van der Waals surface area contributed by atoms with Gasteiger partial charge in [-0.3, -0.25) is 9.79 Å². The number of carbonyl (C=O) groups excluding carboxylic acids is 1. The van der Waals surface area contributed by atoms with Crippen molar-refractivity contribution in [2.24, 2.45) is 4.99 Å². The minimum Gasteiger partial charge on any atom is -0.377 e. The maximum absolute atomic E-state index is 15.0. The Bertz CT molecular complexity index is 1010. The lowest BCUT2D eigenvalue weighted by Gasteiger charge is -2.33. The van der Waals surface area contributed by atoms with Crippen LogP contribution >= 0.6 is 0 Å². The van der Waals surface area contributed by atoms with Gasteiger partial charge >= 0.3 is 0 Å². The van der Waals surface area contributed by atoms with Gasteiger partial charge in [-0.15, -0.1) is 0 Å². The van der Waals surface area contributed by atoms with Crippen molar-refractivity contribution in [1.29, 1.82) is 0 Å². The molecule has 1 fully saturated rings. The summed E-state index contributed by atoms with van der Waals surface area (Å²) in [6.45, 7) is 10.9. The molecule has 2 aromatic carbocycles. The molecule has 1 atom stereocenters. The molecule has 5 heteroatoms. The Morgan fingerprint density at radius 1 is 1.27 bits per heavy atom. The van der Waals surface area contributed by atoms with Gasteiger partial charge in [0.25, 0.3) is 5.91 Å². The number of nitrogens with zero attached hydrogens (tertiary/aromatic N) is 2. The van der Waals surface area contributed by atoms with Crippen LogP contribution in [0.15, 0.2) is 65.8 Å². The van der Waals surface area contributed by atoms with Gasteiger partial charge in [-0.05, 0) is 49.6 Å². The van der Waals surface area contributed by atoms with E-state index in [4.69, 9.17) is 4.74 Å². The highest BCUT2D eigenvalue weighted by molar-refractivity contribution is 6.10. The van der Waals surface area contributed by atoms with Crippen molar-refractivity contribution in [2.75, 3.05) is 19.8 Å². The number of amides is 1. The SMILES string of the molecule is C=C(C)/N=C\C(=C/C)c1ccc(-c2ccccc2C(=O)N2CCOC[C@@H]2C)cc1F. The molecule has 0 aliphatic carbocycles. The van der Waals surface area contributed by atoms with Crippen molar-refractivity contribution in [2.45, 2.75) is 26.8 Å². The monoisotopic (exact) mass is 406 g/mol. The van der Waals surface area contributed by atoms with Crippen molar-refractivity contribution < 1.29 is 13.9 Å². The Morgan fingerprint density at radius 2 is 2.03 bits per heavy atom. The van der Waals surface area contributed by atoms with E-state index >= 15 is 4.39 Å². The van der Waals surface area contributed by atoms with Gasteiger partial charge in [-0.2, -0.15) is 0 Å². The molecule has 30 heavy (non-hydrogen) atoms. The van der Waals surface area contributed by atoms with Crippen molar-refractivity contribution in [3.8, 4) is 11.1 Å². The number of rotatable bonds is 5. The van der Waals surface area contributed by atoms with E-state index in [1.54, 1.807) is 25.3 Å². The normalized spacial score (nSPS) is 17.4. The van der Waals surface area contributed by atoms with E-state index in [2.05, 4.69) is 11.6 Å². The van der Waals surface area contributed by atoms with Gasteiger partial charge in [0.05, 0.1) is 19.3 Å². The van der Waals surface area contributed by atoms with Crippen LogP contribution in [0.25, 0.3) is 16.7 Å². The van der Waals surface area contributed by atoms with Crippen LogP contribution < -0.4 is 0 Å². The minimum atomic E-state index is -0.365. The first kappa shape index (κ1) is 21.7. The number of hydrogen-bond acceptors (Lipinski definition) is 3. The predicted molar refractivity (Wildman–Crippen MR) is 120 cm³/mol. The van der Waals surface area contributed by atoms with Gasteiger partial charge in [-0.1, -0.05) is 43.0 Å². The number of benzene rings is 2. The Labute approximate surface area is 177 Å². The standard InChI is InChI=1S/C25H27FN2O2/c1-5-19(15-27-17(2)3)22-11-10-20(14-24(22)26)21-8-6-7-9-23(21)25(29)28-12-13-30-16-18(28)4/h5-11,14-15,18H,2,12-13,16H2,1,3-4H3/b19-5+,27-15-/t18-/m0/s1. The Kier molecular flexibility index (Phi) is 6.95. The zero-order valence-corrected chi connectivity index (χ0v) is 17.7. The van der Waals surface area contributed by atoms with Crippen LogP contribution in [0.2, 0.25) is 0 Å². The summed E-state index contributed by atoms with van der Waals surface area (Å²) in [5, 5.41) is 0. The smallest absolute Gasteiger partial charge is 0.254 e. The molecule has 0 unspecified atom stereocenters. The van der Waals surface area contributed by atoms with Crippen LogP contribution in [0, 0.1) is 5.82 Å². The summed E-state index contributed by atoms with van der Waals surface area (Å²) in [5.74, 6) is -0.427. The third-order valence-corrected chi connectivity index (χ3v) is 5.11. The highest BCUT2D eigenvalue weighted by Crippen LogP contribution is 2.29. The van der Waals surface area contributed by atoms with Crippen molar-refractivity contribution in [1.82, 2.24) is 4.90 Å². The second-order valence-corrected chi connectivity index (χ2v) is 7.40. The average Bonchev–Trinajstić information content (AvgIpc) is 2.74. The molecule has 1 aliphatic rings. The number of hydrogen-bond donors (Lipinski definition) is 0. The zero-order valence-electron chi connectivity index (χ0n) is 17.7. The van der Waals surface area contributed by atoms with E-state index in [1.165, 1.54) is 6.07 Å². The molecule has 0 bridgehead atoms. The van der Waals surface area contributed by atoms with Crippen LogP contribution in [-0.2, 0) is 4.74 Å². The third-order valence-electron chi connectivity index (χ3n) is 5.11. The fourth-order valence-corrected chi connectivity index (χ4v) is 3.50. The van der Waals surface area contributed by atoms with Gasteiger partial charge in [0.2, 0.25) is 0 Å². The number of ether oxygens (including phenoxy) is 1. The first-order valence-corrected chi connectivity index (χ1v) is 10.1. The molecule has 3 rings (SSSR count). The van der Waals surface area contributed by atoms with Gasteiger partial charge in [-0.25, -0.2) is 4.39 Å². The first-order valence-electron chi connectivity index (χ1n) is 10.1. The number of carbonyl (C=O) groups is 1. The molecule has 4 nitrogen and oxygen atoms in total. The van der Waals surface area contributed by atoms with E-state index in [0.717, 1.165) is 0 Å². The molecule has 1 heterocycles. The fraction of sp³-hybridized carbons (Fsp3) is 0.280. The maximum Gasteiger partial charge on any atom is 0.254 e. The lowest BCUT2D eigenvalue weighted by atomic mass is 9.95. The number of aliphatic imine (C=N–C) groups is 1. The van der Waals surface area contributed by atoms with E-state index < -0.39 is 0 Å². The lowest BCUT2D eigenvalue weighted by Crippen LogP contribution is -2.47. The first-order chi connectivity index (χ1) is 14.4. The van der Waals surface area contributed by atoms with Gasteiger partial charge in [0.15, 0.2) is 0 Å². The second kappa shape index (κ2) is 9.63. The lowest BCUT2D eigenvalue weighted by molar-refractivity contribution is 0.00364. The van der Waals surface area contributed by atoms with E-state index in [1.807, 2.05) is 49.1 Å². The molecule has 0 saturated carbocycles. The molecule has 156 valence electrons. The largest absolute Gasteiger partial charge is 0.377 e. The summed E-state index contributed by atoms with van der Waals surface area (Å²) in [7, 11) is 0. The van der Waals surface area contributed by atoms with Crippen molar-refractivity contribution in [3.63, 3.8) is 0 Å². The minimum absolute atomic E-state index is 0.00303. The van der Waals surface area contributed by atoms with Crippen LogP contribution in [0.1, 0.15) is 36.7 Å². The molecule has 1 aliphatic heterocycles. The highest BCUT2D eigenvalue weighted by Gasteiger charge is 2.26. The molecule has 0 N–H and O–H groups in total. The molecule has 1 saturated heterocycles. The molecule has 0 spiro atoms. The summed E-state index contributed by atoms with van der Waals surface area (Å²) in [4.78, 5) is 19.2. The highest BCUT2D eigenvalue weighted by atomic mass is 19.1. The molecule has 1 amide bonds. The van der Waals surface area contributed by atoms with Crippen molar-refractivity contribution in [3.05, 3.63) is 77.8 Å². The van der Waals surface area contributed by atoms with Crippen LogP contribution in [0.4, 0.5) is 4.39 Å². The van der Waals surface area contributed by atoms with E-state index in [-0.39, 0.29) is 17.8 Å². The van der Waals surface area contributed by atoms with Crippen LogP contribution in [-0.4, -0.2) is 42.8 Å². The molecular weight excluding hydrogens is 379 g/mol. The maximum atomic E-state index is 15.0. The summed E-state index contributed by atoms with van der Waals surface area (Å²) in [6, 6.07) is 12.4. The fourth-order valence-electron chi connectivity index (χ4n) is 3.50. The van der Waals surface area contributed by atoms with Gasteiger partial charge in [0.1, 0.15) is 5.82 Å². The van der Waals surface area contributed by atoms with Crippen molar-refractivity contribution >= 4 is 17.7 Å². The van der Waals surface area contributed by atoms with E-state index in [0.29, 0.717) is 53.3 Å². The number of allylic oxidation sites excluding steroid dienone is 3. The van der Waals surface area contributed by atoms with Crippen LogP contribution in [0.5, 0.6) is 0 Å². The summed E-state index contributed by atoms with van der Waals surface area (Å²) >= 11 is 0. The predicted octanol–water partition coefficient (Wildman–Crippen LogP) is 5.36. The Morgan fingerprint density at radius 3 is 2.70 bits per heavy atom. The Balaban J connectivity index is 1.96.